The van der Waals surface area contributed by atoms with Gasteiger partial charge in [-0.1, -0.05) is 54.5 Å². The minimum atomic E-state index is -4.40. The predicted octanol–water partition coefficient (Wildman–Crippen LogP) is 7.39. The third-order valence-corrected chi connectivity index (χ3v) is 9.09. The van der Waals surface area contributed by atoms with Crippen molar-refractivity contribution in [2.45, 2.75) is 57.2 Å². The smallest absolute Gasteiger partial charge is 0.397 e. The maximum Gasteiger partial charge on any atom is 0.397 e. The normalized spacial score (nSPS) is 15.0. The van der Waals surface area contributed by atoms with E-state index in [0.717, 1.165) is 79.6 Å². The van der Waals surface area contributed by atoms with Gasteiger partial charge in [0.15, 0.2) is 5.13 Å². The summed E-state index contributed by atoms with van der Waals surface area (Å²) in [5.74, 6) is 0.924. The summed E-state index contributed by atoms with van der Waals surface area (Å²) in [6.07, 6.45) is 2.31. The number of alkyl halides is 3. The summed E-state index contributed by atoms with van der Waals surface area (Å²) in [5, 5.41) is 16.2. The van der Waals surface area contributed by atoms with Gasteiger partial charge >= 0.3 is 6.18 Å². The largest absolute Gasteiger partial charge is 0.476 e. The average molecular weight is 633 g/mol. The van der Waals surface area contributed by atoms with Gasteiger partial charge in [-0.2, -0.15) is 13.2 Å². The summed E-state index contributed by atoms with van der Waals surface area (Å²) in [6, 6.07) is 15.5. The highest BCUT2D eigenvalue weighted by atomic mass is 32.2. The second kappa shape index (κ2) is 13.6. The highest BCUT2D eigenvalue weighted by Crippen LogP contribution is 2.39. The van der Waals surface area contributed by atoms with Crippen LogP contribution in [0.2, 0.25) is 0 Å². The van der Waals surface area contributed by atoms with E-state index in [0.29, 0.717) is 11.7 Å². The molecular weight excluding hydrogens is 597 g/mol. The van der Waals surface area contributed by atoms with Crippen molar-refractivity contribution < 1.29 is 23.0 Å². The van der Waals surface area contributed by atoms with E-state index in [1.54, 1.807) is 16.9 Å². The number of thiazole rings is 1. The van der Waals surface area contributed by atoms with Gasteiger partial charge in [-0.15, -0.1) is 5.10 Å². The molecule has 0 fully saturated rings. The van der Waals surface area contributed by atoms with Gasteiger partial charge in [0, 0.05) is 42.9 Å². The number of halogens is 3. The van der Waals surface area contributed by atoms with Gasteiger partial charge in [0.2, 0.25) is 5.88 Å². The highest BCUT2D eigenvalue weighted by molar-refractivity contribution is 8.00. The molecule has 0 saturated heterocycles. The molecule has 0 amide bonds. The lowest BCUT2D eigenvalue weighted by molar-refractivity contribution is -0.219. The van der Waals surface area contributed by atoms with E-state index < -0.39 is 18.2 Å². The summed E-state index contributed by atoms with van der Waals surface area (Å²) in [4.78, 5) is 11.9. The van der Waals surface area contributed by atoms with Crippen molar-refractivity contribution in [2.24, 2.45) is 5.41 Å². The lowest BCUT2D eigenvalue weighted by atomic mass is 9.94. The number of aromatic nitrogens is 4. The minimum Gasteiger partial charge on any atom is -0.476 e. The van der Waals surface area contributed by atoms with Crippen molar-refractivity contribution in [3.63, 3.8) is 0 Å². The molecule has 3 aromatic heterocycles. The zero-order chi connectivity index (χ0) is 30.5. The van der Waals surface area contributed by atoms with Crippen LogP contribution in [-0.4, -0.2) is 57.3 Å². The Hall–Kier alpha value is -3.29. The molecule has 43 heavy (non-hydrogen) atoms. The Bertz CT molecular complexity index is 1510. The molecule has 4 heterocycles. The Morgan fingerprint density at radius 3 is 2.63 bits per heavy atom. The molecule has 0 aliphatic carbocycles. The first-order chi connectivity index (χ1) is 20.6. The van der Waals surface area contributed by atoms with Crippen LogP contribution in [0.4, 0.5) is 24.1 Å². The van der Waals surface area contributed by atoms with Gasteiger partial charge in [0.05, 0.1) is 12.0 Å². The van der Waals surface area contributed by atoms with Crippen molar-refractivity contribution >= 4 is 34.2 Å². The van der Waals surface area contributed by atoms with Crippen LogP contribution < -0.4 is 14.4 Å². The number of nitrogens with one attached hydrogen (secondary N) is 1. The van der Waals surface area contributed by atoms with Crippen molar-refractivity contribution in [1.82, 2.24) is 19.7 Å². The summed E-state index contributed by atoms with van der Waals surface area (Å²) in [7, 11) is 0. The Morgan fingerprint density at radius 1 is 1.00 bits per heavy atom. The number of aryl methyl sites for hydroxylation is 1. The summed E-state index contributed by atoms with van der Waals surface area (Å²) in [5.41, 5.74) is 0.875. The number of aliphatic hydroxyl groups excluding tert-OH is 1. The molecule has 0 saturated carbocycles. The van der Waals surface area contributed by atoms with Crippen LogP contribution in [0, 0.1) is 5.41 Å². The number of β-amino-alcohol motifs (C(OH)–C–C–N with tert-alkyl or cyclic N) is 1. The molecule has 5 rings (SSSR count). The second-order valence-corrected chi connectivity index (χ2v) is 12.8. The SMILES string of the molecule is CC(C)(COc1ccn(-c2sc3nc2-c2ccccc2CCCCCCN(CCO)c2cccc(n2)SN3)n1)C(F)(F)F. The van der Waals surface area contributed by atoms with Crippen molar-refractivity contribution in [2.75, 3.05) is 35.9 Å². The van der Waals surface area contributed by atoms with Crippen LogP contribution in [0.3, 0.4) is 0 Å². The fourth-order valence-electron chi connectivity index (χ4n) is 4.66. The van der Waals surface area contributed by atoms with Crippen molar-refractivity contribution in [3.8, 4) is 22.1 Å². The van der Waals surface area contributed by atoms with E-state index in [1.807, 2.05) is 36.4 Å². The quantitative estimate of drug-likeness (QED) is 0.213. The van der Waals surface area contributed by atoms with Crippen LogP contribution in [-0.2, 0) is 6.42 Å². The molecule has 0 atom stereocenters. The van der Waals surface area contributed by atoms with E-state index in [4.69, 9.17) is 14.7 Å². The first-order valence-corrected chi connectivity index (χ1v) is 15.9. The Kier molecular flexibility index (Phi) is 9.82. The van der Waals surface area contributed by atoms with E-state index >= 15 is 0 Å². The zero-order valence-electron chi connectivity index (χ0n) is 24.1. The third-order valence-electron chi connectivity index (χ3n) is 7.27. The number of pyridine rings is 1. The maximum absolute atomic E-state index is 13.4. The number of hydrogen-bond acceptors (Lipinski definition) is 9. The Balaban J connectivity index is 1.47. The molecule has 0 radical (unpaired) electrons. The van der Waals surface area contributed by atoms with E-state index in [1.165, 1.54) is 28.8 Å². The molecule has 230 valence electrons. The first-order valence-electron chi connectivity index (χ1n) is 14.2. The van der Waals surface area contributed by atoms with Gasteiger partial charge < -0.3 is 19.5 Å². The number of hydrogen-bond donors (Lipinski definition) is 2. The lowest BCUT2D eigenvalue weighted by Crippen LogP contribution is -2.37. The van der Waals surface area contributed by atoms with Crippen molar-refractivity contribution in [1.29, 1.82) is 0 Å². The molecular formula is C30H35F3N6O2S2. The van der Waals surface area contributed by atoms with Gasteiger partial charge in [-0.25, -0.2) is 14.6 Å². The fourth-order valence-corrected chi connectivity index (χ4v) is 6.24. The van der Waals surface area contributed by atoms with Crippen LogP contribution in [0.5, 0.6) is 5.88 Å². The highest BCUT2D eigenvalue weighted by Gasteiger charge is 2.48. The van der Waals surface area contributed by atoms with Crippen LogP contribution >= 0.6 is 23.3 Å². The summed E-state index contributed by atoms with van der Waals surface area (Å²) in [6.45, 7) is 3.07. The van der Waals surface area contributed by atoms with E-state index in [2.05, 4.69) is 20.8 Å². The van der Waals surface area contributed by atoms with Gasteiger partial charge in [0.25, 0.3) is 0 Å². The molecule has 2 N–H and O–H groups in total. The molecule has 1 aromatic carbocycles. The molecule has 4 aromatic rings. The summed E-state index contributed by atoms with van der Waals surface area (Å²) < 4.78 is 50.5. The number of fused-ring (bicyclic) bond motifs is 6. The first kappa shape index (κ1) is 31.1. The number of anilines is 2. The van der Waals surface area contributed by atoms with E-state index in [-0.39, 0.29) is 12.5 Å². The van der Waals surface area contributed by atoms with Gasteiger partial charge in [0.1, 0.15) is 28.1 Å². The van der Waals surface area contributed by atoms with Gasteiger partial charge in [-0.05, 0) is 50.8 Å². The molecule has 8 nitrogen and oxygen atoms in total. The predicted molar refractivity (Wildman–Crippen MR) is 165 cm³/mol. The van der Waals surface area contributed by atoms with Crippen LogP contribution in [0.15, 0.2) is 59.8 Å². The number of aliphatic hydroxyl groups is 1. The molecule has 0 unspecified atom stereocenters. The number of rotatable bonds is 6. The Labute approximate surface area is 257 Å². The van der Waals surface area contributed by atoms with Crippen LogP contribution in [0.1, 0.15) is 45.1 Å². The Morgan fingerprint density at radius 2 is 1.81 bits per heavy atom. The summed E-state index contributed by atoms with van der Waals surface area (Å²) >= 11 is 2.72. The maximum atomic E-state index is 13.4. The molecule has 1 aliphatic heterocycles. The van der Waals surface area contributed by atoms with Crippen LogP contribution in [0.25, 0.3) is 16.3 Å². The average Bonchev–Trinajstić information content (AvgIpc) is 3.63. The second-order valence-electron chi connectivity index (χ2n) is 11.0. The van der Waals surface area contributed by atoms with Gasteiger partial charge in [-0.3, -0.25) is 0 Å². The monoisotopic (exact) mass is 632 g/mol. The fraction of sp³-hybridized carbons (Fsp3) is 0.433. The topological polar surface area (TPSA) is 88.3 Å². The lowest BCUT2D eigenvalue weighted by Gasteiger charge is -2.26. The third kappa shape index (κ3) is 7.63. The van der Waals surface area contributed by atoms with Crippen molar-refractivity contribution in [3.05, 3.63) is 60.3 Å². The number of benzene rings is 1. The molecule has 13 heteroatoms. The molecule has 0 spiro atoms. The minimum absolute atomic E-state index is 0.0546. The number of ether oxygens (including phenoxy) is 1. The zero-order valence-corrected chi connectivity index (χ0v) is 25.7. The standard InChI is InChI=1S/C30H35F3N6O2S2/c1-29(2,30(31,32)33)20-41-24-15-17-39(36-24)27-26-22-12-7-6-11-21(22)10-5-3-4-8-16-38(18-19-40)23-13-9-14-25(34-23)43-37-28(35-26)42-27/h6-7,9,11-15,17,40H,3-5,8,10,16,18-20H2,1-2H3,(H,35,37). The molecule has 1 aliphatic rings. The number of nitrogens with zero attached hydrogens (tertiary/aromatic N) is 5. The molecule has 4 bridgehead atoms. The van der Waals surface area contributed by atoms with E-state index in [9.17, 15) is 18.3 Å².